The highest BCUT2D eigenvalue weighted by atomic mass is 19.4. The van der Waals surface area contributed by atoms with Crippen LogP contribution in [0.15, 0.2) is 41.0 Å². The van der Waals surface area contributed by atoms with Crippen molar-refractivity contribution in [1.82, 2.24) is 5.32 Å². The molecule has 2 rings (SSSR count). The Morgan fingerprint density at radius 2 is 2.04 bits per heavy atom. The van der Waals surface area contributed by atoms with Gasteiger partial charge in [-0.15, -0.1) is 0 Å². The number of nitrogens with zero attached hydrogens (tertiary/aromatic N) is 1. The van der Waals surface area contributed by atoms with Crippen LogP contribution in [0.3, 0.4) is 0 Å². The summed E-state index contributed by atoms with van der Waals surface area (Å²) in [5, 5.41) is 14.2. The van der Waals surface area contributed by atoms with Gasteiger partial charge in [-0.3, -0.25) is 0 Å². The van der Waals surface area contributed by atoms with Gasteiger partial charge in [0.2, 0.25) is 0 Å². The lowest BCUT2D eigenvalue weighted by Gasteiger charge is -2.19. The summed E-state index contributed by atoms with van der Waals surface area (Å²) in [5.41, 5.74) is -0.977. The summed E-state index contributed by atoms with van der Waals surface area (Å²) in [5.74, 6) is 0.242. The monoisotopic (exact) mass is 357 g/mol. The molecule has 1 unspecified atom stereocenters. The van der Waals surface area contributed by atoms with Crippen LogP contribution in [-0.4, -0.2) is 31.8 Å². The molecular weight excluding hydrogens is 339 g/mol. The quantitative estimate of drug-likeness (QED) is 0.768. The largest absolute Gasteiger partial charge is 0.467 e. The van der Waals surface area contributed by atoms with Crippen LogP contribution < -0.4 is 15.5 Å². The van der Waals surface area contributed by atoms with Gasteiger partial charge in [-0.25, -0.2) is 4.79 Å². The summed E-state index contributed by atoms with van der Waals surface area (Å²) in [6.07, 6.45) is -4.36. The van der Waals surface area contributed by atoms with Crippen molar-refractivity contribution in [2.24, 2.45) is 0 Å². The van der Waals surface area contributed by atoms with Crippen molar-refractivity contribution in [3.05, 3.63) is 47.9 Å². The van der Waals surface area contributed by atoms with Crippen LogP contribution in [0.5, 0.6) is 0 Å². The fourth-order valence-electron chi connectivity index (χ4n) is 2.09. The standard InChI is InChI=1S/C16H18F3N3O3/c1-22(2)10-5-6-12(11(8-10)16(17,18)19)21-15(24)20-9-13(23)14-4-3-7-25-14/h3-8,13,23H,9H2,1-2H3,(H2,20,21,24). The highest BCUT2D eigenvalue weighted by Crippen LogP contribution is 2.37. The Balaban J connectivity index is 2.07. The minimum absolute atomic E-state index is 0.212. The number of carbonyl (C=O) groups excluding carboxylic acids is 1. The molecule has 1 atom stereocenters. The number of aliphatic hydroxyl groups is 1. The minimum Gasteiger partial charge on any atom is -0.467 e. The molecule has 0 bridgehead atoms. The number of furan rings is 1. The zero-order chi connectivity index (χ0) is 18.6. The Morgan fingerprint density at radius 1 is 1.32 bits per heavy atom. The number of anilines is 2. The summed E-state index contributed by atoms with van der Waals surface area (Å²) < 4.78 is 44.6. The maximum atomic E-state index is 13.2. The van der Waals surface area contributed by atoms with E-state index in [-0.39, 0.29) is 18.0 Å². The molecule has 0 aliphatic carbocycles. The molecule has 136 valence electrons. The van der Waals surface area contributed by atoms with Crippen LogP contribution in [0.4, 0.5) is 29.3 Å². The van der Waals surface area contributed by atoms with E-state index in [1.165, 1.54) is 29.4 Å². The van der Waals surface area contributed by atoms with Gasteiger partial charge in [-0.1, -0.05) is 0 Å². The first kappa shape index (κ1) is 18.7. The first-order chi connectivity index (χ1) is 11.7. The third-order valence-corrected chi connectivity index (χ3v) is 3.40. The van der Waals surface area contributed by atoms with Crippen LogP contribution in [0.2, 0.25) is 0 Å². The summed E-state index contributed by atoms with van der Waals surface area (Å²) in [6, 6.07) is 5.82. The van der Waals surface area contributed by atoms with Gasteiger partial charge in [-0.05, 0) is 30.3 Å². The second-order valence-corrected chi connectivity index (χ2v) is 5.49. The Morgan fingerprint density at radius 3 is 2.60 bits per heavy atom. The first-order valence-corrected chi connectivity index (χ1v) is 7.33. The van der Waals surface area contributed by atoms with E-state index >= 15 is 0 Å². The number of rotatable bonds is 5. The van der Waals surface area contributed by atoms with Gasteiger partial charge >= 0.3 is 12.2 Å². The Kier molecular flexibility index (Phi) is 5.58. The van der Waals surface area contributed by atoms with Crippen LogP contribution in [0.1, 0.15) is 17.4 Å². The third kappa shape index (κ3) is 4.90. The lowest BCUT2D eigenvalue weighted by molar-refractivity contribution is -0.136. The predicted molar refractivity (Wildman–Crippen MR) is 86.5 cm³/mol. The second-order valence-electron chi connectivity index (χ2n) is 5.49. The van der Waals surface area contributed by atoms with Crippen molar-refractivity contribution in [3.63, 3.8) is 0 Å². The van der Waals surface area contributed by atoms with E-state index in [4.69, 9.17) is 4.42 Å². The number of amides is 2. The molecule has 25 heavy (non-hydrogen) atoms. The number of halogens is 3. The smallest absolute Gasteiger partial charge is 0.418 e. The number of carbonyl (C=O) groups is 1. The lowest BCUT2D eigenvalue weighted by Crippen LogP contribution is -2.33. The second kappa shape index (κ2) is 7.47. The fourth-order valence-corrected chi connectivity index (χ4v) is 2.09. The number of alkyl halides is 3. The van der Waals surface area contributed by atoms with E-state index in [1.807, 2.05) is 0 Å². The molecule has 3 N–H and O–H groups in total. The topological polar surface area (TPSA) is 77.7 Å². The molecular formula is C16H18F3N3O3. The maximum absolute atomic E-state index is 13.2. The van der Waals surface area contributed by atoms with E-state index < -0.39 is 23.9 Å². The highest BCUT2D eigenvalue weighted by molar-refractivity contribution is 5.90. The SMILES string of the molecule is CN(C)c1ccc(NC(=O)NCC(O)c2ccco2)c(C(F)(F)F)c1. The van der Waals surface area contributed by atoms with Crippen molar-refractivity contribution in [2.45, 2.75) is 12.3 Å². The molecule has 2 amide bonds. The molecule has 1 aromatic carbocycles. The van der Waals surface area contributed by atoms with Gasteiger partial charge in [0.25, 0.3) is 0 Å². The first-order valence-electron chi connectivity index (χ1n) is 7.33. The number of benzene rings is 1. The molecule has 0 saturated carbocycles. The van der Waals surface area contributed by atoms with E-state index in [9.17, 15) is 23.1 Å². The summed E-state index contributed by atoms with van der Waals surface area (Å²) in [4.78, 5) is 13.4. The van der Waals surface area contributed by atoms with Crippen molar-refractivity contribution >= 4 is 17.4 Å². The Bertz CT molecular complexity index is 715. The maximum Gasteiger partial charge on any atom is 0.418 e. The Labute approximate surface area is 142 Å². The number of aliphatic hydroxyl groups excluding tert-OH is 1. The summed E-state index contributed by atoms with van der Waals surface area (Å²) in [7, 11) is 3.23. The van der Waals surface area contributed by atoms with Crippen molar-refractivity contribution in [3.8, 4) is 0 Å². The van der Waals surface area contributed by atoms with Gasteiger partial charge < -0.3 is 25.1 Å². The lowest BCUT2D eigenvalue weighted by atomic mass is 10.1. The Hall–Kier alpha value is -2.68. The number of nitrogens with one attached hydrogen (secondary N) is 2. The molecule has 0 aliphatic rings. The summed E-state index contributed by atoms with van der Waals surface area (Å²) in [6.45, 7) is -0.212. The fraction of sp³-hybridized carbons (Fsp3) is 0.312. The van der Waals surface area contributed by atoms with E-state index in [0.29, 0.717) is 5.69 Å². The van der Waals surface area contributed by atoms with E-state index in [1.54, 1.807) is 20.2 Å². The van der Waals surface area contributed by atoms with E-state index in [2.05, 4.69) is 10.6 Å². The van der Waals surface area contributed by atoms with Gasteiger partial charge in [0.15, 0.2) is 0 Å². The van der Waals surface area contributed by atoms with Gasteiger partial charge in [-0.2, -0.15) is 13.2 Å². The number of urea groups is 1. The van der Waals surface area contributed by atoms with Crippen molar-refractivity contribution < 1.29 is 27.5 Å². The van der Waals surface area contributed by atoms with Crippen LogP contribution >= 0.6 is 0 Å². The molecule has 2 aromatic rings. The number of hydrogen-bond donors (Lipinski definition) is 3. The molecule has 0 aliphatic heterocycles. The average molecular weight is 357 g/mol. The molecule has 1 heterocycles. The van der Waals surface area contributed by atoms with E-state index in [0.717, 1.165) is 6.07 Å². The van der Waals surface area contributed by atoms with Crippen LogP contribution in [0.25, 0.3) is 0 Å². The molecule has 0 spiro atoms. The zero-order valence-corrected chi connectivity index (χ0v) is 13.6. The van der Waals surface area contributed by atoms with Gasteiger partial charge in [0.1, 0.15) is 11.9 Å². The zero-order valence-electron chi connectivity index (χ0n) is 13.6. The van der Waals surface area contributed by atoms with Crippen molar-refractivity contribution in [1.29, 1.82) is 0 Å². The molecule has 0 saturated heterocycles. The predicted octanol–water partition coefficient (Wildman–Crippen LogP) is 3.22. The molecule has 1 aromatic heterocycles. The third-order valence-electron chi connectivity index (χ3n) is 3.40. The molecule has 6 nitrogen and oxygen atoms in total. The molecule has 0 radical (unpaired) electrons. The minimum atomic E-state index is -4.62. The average Bonchev–Trinajstić information content (AvgIpc) is 3.06. The van der Waals surface area contributed by atoms with Crippen molar-refractivity contribution in [2.75, 3.05) is 30.9 Å². The molecule has 0 fully saturated rings. The normalized spacial score (nSPS) is 12.6. The van der Waals surface area contributed by atoms with Gasteiger partial charge in [0, 0.05) is 19.8 Å². The van der Waals surface area contributed by atoms with Crippen LogP contribution in [-0.2, 0) is 6.18 Å². The number of hydrogen-bond acceptors (Lipinski definition) is 4. The highest BCUT2D eigenvalue weighted by Gasteiger charge is 2.34. The van der Waals surface area contributed by atoms with Gasteiger partial charge in [0.05, 0.1) is 24.1 Å². The van der Waals surface area contributed by atoms with Crippen LogP contribution in [0, 0.1) is 0 Å². The summed E-state index contributed by atoms with van der Waals surface area (Å²) >= 11 is 0. The molecule has 9 heteroatoms.